The average molecular weight is 389 g/mol. The number of aromatic nitrogens is 1. The van der Waals surface area contributed by atoms with Crippen molar-refractivity contribution in [2.75, 3.05) is 18.0 Å². The highest BCUT2D eigenvalue weighted by molar-refractivity contribution is 6.01. The summed E-state index contributed by atoms with van der Waals surface area (Å²) in [7, 11) is 0. The van der Waals surface area contributed by atoms with Gasteiger partial charge >= 0.3 is 0 Å². The first-order valence-corrected chi connectivity index (χ1v) is 9.65. The number of rotatable bonds is 4. The lowest BCUT2D eigenvalue weighted by atomic mass is 10.0. The molecule has 2 amide bonds. The van der Waals surface area contributed by atoms with Gasteiger partial charge in [-0.2, -0.15) is 0 Å². The second-order valence-corrected chi connectivity index (χ2v) is 7.37. The number of oxazole rings is 1. The zero-order chi connectivity index (χ0) is 20.4. The van der Waals surface area contributed by atoms with Crippen molar-refractivity contribution in [3.8, 4) is 0 Å². The molecule has 1 saturated heterocycles. The van der Waals surface area contributed by atoms with E-state index in [-0.39, 0.29) is 30.1 Å². The molecule has 3 aromatic rings. The molecule has 0 N–H and O–H groups in total. The van der Waals surface area contributed by atoms with Gasteiger partial charge in [0.2, 0.25) is 5.91 Å². The fourth-order valence-electron chi connectivity index (χ4n) is 3.69. The summed E-state index contributed by atoms with van der Waals surface area (Å²) < 4.78 is 5.20. The normalized spacial score (nSPS) is 16.9. The number of piperazine rings is 1. The first-order chi connectivity index (χ1) is 14.0. The van der Waals surface area contributed by atoms with Gasteiger partial charge in [-0.15, -0.1) is 0 Å². The van der Waals surface area contributed by atoms with E-state index in [1.54, 1.807) is 16.7 Å². The van der Waals surface area contributed by atoms with Gasteiger partial charge in [0.15, 0.2) is 12.1 Å². The van der Waals surface area contributed by atoms with E-state index in [2.05, 4.69) is 4.98 Å². The van der Waals surface area contributed by atoms with E-state index in [4.69, 9.17) is 4.42 Å². The zero-order valence-electron chi connectivity index (χ0n) is 16.5. The van der Waals surface area contributed by atoms with Crippen LogP contribution in [0, 0.1) is 13.8 Å². The molecule has 29 heavy (non-hydrogen) atoms. The van der Waals surface area contributed by atoms with E-state index in [0.29, 0.717) is 18.7 Å². The summed E-state index contributed by atoms with van der Waals surface area (Å²) in [6.45, 7) is 4.16. The summed E-state index contributed by atoms with van der Waals surface area (Å²) in [5.74, 6) is 0.0867. The molecule has 1 aromatic heterocycles. The summed E-state index contributed by atoms with van der Waals surface area (Å²) in [4.78, 5) is 33.5. The molecule has 0 saturated carbocycles. The van der Waals surface area contributed by atoms with Gasteiger partial charge in [0, 0.05) is 12.2 Å². The minimum Gasteiger partial charge on any atom is -0.448 e. The van der Waals surface area contributed by atoms with E-state index in [0.717, 1.165) is 16.8 Å². The van der Waals surface area contributed by atoms with Gasteiger partial charge in [-0.3, -0.25) is 9.59 Å². The Kier molecular flexibility index (Phi) is 5.16. The molecule has 1 aliphatic heterocycles. The van der Waals surface area contributed by atoms with Gasteiger partial charge in [0.1, 0.15) is 12.3 Å². The van der Waals surface area contributed by atoms with Gasteiger partial charge in [-0.05, 0) is 38.0 Å². The van der Waals surface area contributed by atoms with Crippen LogP contribution >= 0.6 is 0 Å². The number of anilines is 1. The number of nitrogens with zero attached hydrogens (tertiary/aromatic N) is 3. The van der Waals surface area contributed by atoms with Crippen LogP contribution in [0.2, 0.25) is 0 Å². The molecule has 1 atom stereocenters. The van der Waals surface area contributed by atoms with Crippen molar-refractivity contribution < 1.29 is 14.0 Å². The second kappa shape index (κ2) is 7.91. The van der Waals surface area contributed by atoms with Crippen molar-refractivity contribution in [2.45, 2.75) is 26.3 Å². The van der Waals surface area contributed by atoms with Crippen molar-refractivity contribution in [2.24, 2.45) is 0 Å². The third-order valence-electron chi connectivity index (χ3n) is 5.31. The molecule has 4 rings (SSSR count). The number of aryl methyl sites for hydroxylation is 2. The van der Waals surface area contributed by atoms with Crippen LogP contribution in [0.15, 0.2) is 65.4 Å². The molecule has 6 heteroatoms. The van der Waals surface area contributed by atoms with Crippen LogP contribution in [0.1, 0.15) is 27.4 Å². The van der Waals surface area contributed by atoms with Gasteiger partial charge in [0.05, 0.1) is 6.04 Å². The van der Waals surface area contributed by atoms with Crippen LogP contribution in [0.3, 0.4) is 0 Å². The number of hydrogen-bond acceptors (Lipinski definition) is 4. The average Bonchev–Trinajstić information content (AvgIpc) is 3.16. The highest BCUT2D eigenvalue weighted by Crippen LogP contribution is 2.24. The van der Waals surface area contributed by atoms with E-state index < -0.39 is 0 Å². The molecular formula is C23H23N3O3. The third-order valence-corrected chi connectivity index (χ3v) is 5.31. The molecule has 0 aliphatic carbocycles. The number of hydrogen-bond donors (Lipinski definition) is 0. The van der Waals surface area contributed by atoms with Crippen LogP contribution < -0.4 is 4.90 Å². The van der Waals surface area contributed by atoms with E-state index in [9.17, 15) is 9.59 Å². The largest absolute Gasteiger partial charge is 0.448 e. The first kappa shape index (κ1) is 18.9. The number of benzene rings is 2. The third kappa shape index (κ3) is 3.92. The first-order valence-electron chi connectivity index (χ1n) is 9.65. The lowest BCUT2D eigenvalue weighted by Crippen LogP contribution is -2.59. The van der Waals surface area contributed by atoms with Crippen molar-refractivity contribution in [3.05, 3.63) is 83.6 Å². The summed E-state index contributed by atoms with van der Waals surface area (Å²) >= 11 is 0. The molecule has 0 bridgehead atoms. The lowest BCUT2D eigenvalue weighted by Gasteiger charge is -2.41. The summed E-state index contributed by atoms with van der Waals surface area (Å²) in [5.41, 5.74) is 3.37. The lowest BCUT2D eigenvalue weighted by molar-refractivity contribution is -0.121. The Morgan fingerprint density at radius 2 is 1.83 bits per heavy atom. The van der Waals surface area contributed by atoms with E-state index in [1.807, 2.05) is 61.5 Å². The molecule has 2 aromatic carbocycles. The predicted octanol–water partition coefficient (Wildman–Crippen LogP) is 3.39. The molecule has 0 spiro atoms. The Morgan fingerprint density at radius 1 is 1.10 bits per heavy atom. The molecule has 2 heterocycles. The van der Waals surface area contributed by atoms with Crippen LogP contribution in [-0.4, -0.2) is 40.8 Å². The number of carbonyl (C=O) groups excluding carboxylic acids is 2. The zero-order valence-corrected chi connectivity index (χ0v) is 16.5. The molecule has 1 unspecified atom stereocenters. The quantitative estimate of drug-likeness (QED) is 0.686. The van der Waals surface area contributed by atoms with Crippen LogP contribution in [0.4, 0.5) is 5.69 Å². The van der Waals surface area contributed by atoms with Crippen molar-refractivity contribution in [1.82, 2.24) is 9.88 Å². The molecular weight excluding hydrogens is 366 g/mol. The summed E-state index contributed by atoms with van der Waals surface area (Å²) in [6.07, 6.45) is 1.91. The highest BCUT2D eigenvalue weighted by atomic mass is 16.3. The fraction of sp³-hybridized carbons (Fsp3) is 0.261. The Balaban J connectivity index is 1.65. The fourth-order valence-corrected chi connectivity index (χ4v) is 3.69. The predicted molar refractivity (Wildman–Crippen MR) is 110 cm³/mol. The van der Waals surface area contributed by atoms with E-state index >= 15 is 0 Å². The van der Waals surface area contributed by atoms with Gasteiger partial charge in [-0.1, -0.05) is 48.0 Å². The van der Waals surface area contributed by atoms with Gasteiger partial charge in [-0.25, -0.2) is 4.98 Å². The van der Waals surface area contributed by atoms with Gasteiger partial charge < -0.3 is 14.2 Å². The molecule has 6 nitrogen and oxygen atoms in total. The highest BCUT2D eigenvalue weighted by Gasteiger charge is 2.37. The summed E-state index contributed by atoms with van der Waals surface area (Å²) in [5, 5.41) is 0. The van der Waals surface area contributed by atoms with Crippen LogP contribution in [-0.2, 0) is 11.2 Å². The van der Waals surface area contributed by atoms with E-state index in [1.165, 1.54) is 6.39 Å². The Bertz CT molecular complexity index is 1010. The summed E-state index contributed by atoms with van der Waals surface area (Å²) in [6, 6.07) is 17.7. The molecule has 0 radical (unpaired) electrons. The Labute approximate surface area is 169 Å². The standard InChI is InChI=1S/C23H23N3O3/c1-16-8-10-19(11-9-16)25-13-20(12-18-6-4-3-5-7-18)26(14-21(25)27)23(28)22-17(2)29-15-24-22/h3-11,15,20H,12-14H2,1-2H3. The maximum absolute atomic E-state index is 13.1. The van der Waals surface area contributed by atoms with Gasteiger partial charge in [0.25, 0.3) is 5.91 Å². The molecule has 1 fully saturated rings. The number of carbonyl (C=O) groups is 2. The smallest absolute Gasteiger partial charge is 0.276 e. The molecule has 148 valence electrons. The Morgan fingerprint density at radius 3 is 2.48 bits per heavy atom. The maximum Gasteiger partial charge on any atom is 0.276 e. The second-order valence-electron chi connectivity index (χ2n) is 7.37. The van der Waals surface area contributed by atoms with Crippen LogP contribution in [0.5, 0.6) is 0 Å². The Hall–Kier alpha value is -3.41. The SMILES string of the molecule is Cc1ccc(N2CC(Cc3ccccc3)N(C(=O)c3ncoc3C)CC2=O)cc1. The maximum atomic E-state index is 13.1. The van der Waals surface area contributed by atoms with Crippen molar-refractivity contribution >= 4 is 17.5 Å². The monoisotopic (exact) mass is 389 g/mol. The van der Waals surface area contributed by atoms with Crippen molar-refractivity contribution in [3.63, 3.8) is 0 Å². The topological polar surface area (TPSA) is 66.7 Å². The number of amides is 2. The minimum atomic E-state index is -0.269. The molecule has 1 aliphatic rings. The van der Waals surface area contributed by atoms with Crippen LogP contribution in [0.25, 0.3) is 0 Å². The van der Waals surface area contributed by atoms with Crippen molar-refractivity contribution in [1.29, 1.82) is 0 Å². The minimum absolute atomic E-state index is 0.0104.